The first-order valence-electron chi connectivity index (χ1n) is 5.96. The second kappa shape index (κ2) is 4.39. The molecule has 0 radical (unpaired) electrons. The second-order valence-electron chi connectivity index (χ2n) is 5.37. The molecule has 0 saturated carbocycles. The molecule has 18 heavy (non-hydrogen) atoms. The van der Waals surface area contributed by atoms with Crippen LogP contribution in [0.1, 0.15) is 20.8 Å². The summed E-state index contributed by atoms with van der Waals surface area (Å²) in [5.41, 5.74) is 5.74. The van der Waals surface area contributed by atoms with Gasteiger partial charge in [0, 0.05) is 13.1 Å². The fourth-order valence-electron chi connectivity index (χ4n) is 2.50. The lowest BCUT2D eigenvalue weighted by Crippen LogP contribution is -2.52. The normalized spacial score (nSPS) is 23.2. The van der Waals surface area contributed by atoms with Crippen LogP contribution >= 0.6 is 0 Å². The zero-order valence-electron chi connectivity index (χ0n) is 10.8. The van der Waals surface area contributed by atoms with Crippen molar-refractivity contribution in [1.82, 2.24) is 0 Å². The summed E-state index contributed by atoms with van der Waals surface area (Å²) in [5.74, 6) is -1.77. The predicted molar refractivity (Wildman–Crippen MR) is 67.6 cm³/mol. The molecular weight excluding hydrogens is 238 g/mol. The molecule has 1 heterocycles. The van der Waals surface area contributed by atoms with Crippen LogP contribution in [-0.4, -0.2) is 24.8 Å². The number of morpholine rings is 1. The van der Waals surface area contributed by atoms with Gasteiger partial charge in [-0.2, -0.15) is 0 Å². The molecule has 3 nitrogen and oxygen atoms in total. The van der Waals surface area contributed by atoms with E-state index < -0.39 is 17.2 Å². The van der Waals surface area contributed by atoms with Gasteiger partial charge < -0.3 is 15.4 Å². The maximum atomic E-state index is 13.9. The lowest BCUT2D eigenvalue weighted by molar-refractivity contribution is -0.0750. The van der Waals surface area contributed by atoms with Crippen molar-refractivity contribution in [1.29, 1.82) is 0 Å². The van der Waals surface area contributed by atoms with Gasteiger partial charge in [0.1, 0.15) is 0 Å². The standard InChI is InChI=1S/C13H18F2N2O/c1-8-6-17(7-13(2,3)18-8)12-10(16)5-4-9(14)11(12)15/h4-5,8H,6-7,16H2,1-3H3. The third kappa shape index (κ3) is 2.41. The SMILES string of the molecule is CC1CN(c2c(N)ccc(F)c2F)CC(C)(C)O1. The first-order valence-corrected chi connectivity index (χ1v) is 5.96. The van der Waals surface area contributed by atoms with Crippen LogP contribution in [0.3, 0.4) is 0 Å². The minimum atomic E-state index is -0.889. The molecule has 0 spiro atoms. The van der Waals surface area contributed by atoms with Crippen molar-refractivity contribution < 1.29 is 13.5 Å². The number of nitrogens with zero attached hydrogens (tertiary/aromatic N) is 1. The van der Waals surface area contributed by atoms with Crippen molar-refractivity contribution >= 4 is 11.4 Å². The monoisotopic (exact) mass is 256 g/mol. The van der Waals surface area contributed by atoms with Crippen molar-refractivity contribution in [3.63, 3.8) is 0 Å². The molecule has 1 aliphatic heterocycles. The Morgan fingerprint density at radius 1 is 1.39 bits per heavy atom. The van der Waals surface area contributed by atoms with Crippen LogP contribution in [0.4, 0.5) is 20.2 Å². The van der Waals surface area contributed by atoms with Crippen LogP contribution < -0.4 is 10.6 Å². The van der Waals surface area contributed by atoms with Gasteiger partial charge >= 0.3 is 0 Å². The zero-order valence-corrected chi connectivity index (χ0v) is 10.8. The summed E-state index contributed by atoms with van der Waals surface area (Å²) in [4.78, 5) is 1.75. The molecule has 0 bridgehead atoms. The summed E-state index contributed by atoms with van der Waals surface area (Å²) in [5, 5.41) is 0. The van der Waals surface area contributed by atoms with E-state index in [9.17, 15) is 8.78 Å². The van der Waals surface area contributed by atoms with Gasteiger partial charge in [-0.15, -0.1) is 0 Å². The molecule has 1 aromatic carbocycles. The highest BCUT2D eigenvalue weighted by Crippen LogP contribution is 2.33. The van der Waals surface area contributed by atoms with E-state index in [0.29, 0.717) is 13.1 Å². The van der Waals surface area contributed by atoms with Gasteiger partial charge in [0.2, 0.25) is 0 Å². The largest absolute Gasteiger partial charge is 0.397 e. The lowest BCUT2D eigenvalue weighted by Gasteiger charge is -2.43. The average molecular weight is 256 g/mol. The Kier molecular flexibility index (Phi) is 3.19. The van der Waals surface area contributed by atoms with E-state index in [1.165, 1.54) is 6.07 Å². The Hall–Kier alpha value is -1.36. The summed E-state index contributed by atoms with van der Waals surface area (Å²) in [7, 11) is 0. The van der Waals surface area contributed by atoms with Crippen molar-refractivity contribution in [2.24, 2.45) is 0 Å². The van der Waals surface area contributed by atoms with Crippen LogP contribution in [0, 0.1) is 11.6 Å². The number of halogens is 2. The molecule has 1 fully saturated rings. The number of ether oxygens (including phenoxy) is 1. The molecule has 0 aliphatic carbocycles. The minimum Gasteiger partial charge on any atom is -0.397 e. The molecule has 2 rings (SSSR count). The van der Waals surface area contributed by atoms with E-state index >= 15 is 0 Å². The van der Waals surface area contributed by atoms with Gasteiger partial charge in [-0.25, -0.2) is 8.78 Å². The third-order valence-electron chi connectivity index (χ3n) is 2.99. The molecule has 1 atom stereocenters. The zero-order chi connectivity index (χ0) is 13.5. The third-order valence-corrected chi connectivity index (χ3v) is 2.99. The van der Waals surface area contributed by atoms with E-state index in [-0.39, 0.29) is 17.5 Å². The quantitative estimate of drug-likeness (QED) is 0.785. The number of anilines is 2. The van der Waals surface area contributed by atoms with Crippen molar-refractivity contribution in [2.45, 2.75) is 32.5 Å². The second-order valence-corrected chi connectivity index (χ2v) is 5.37. The fraction of sp³-hybridized carbons (Fsp3) is 0.538. The van der Waals surface area contributed by atoms with Crippen molar-refractivity contribution in [3.05, 3.63) is 23.8 Å². The number of rotatable bonds is 1. The molecular formula is C13H18F2N2O. The first-order chi connectivity index (χ1) is 8.30. The molecule has 100 valence electrons. The molecule has 0 aromatic heterocycles. The summed E-state index contributed by atoms with van der Waals surface area (Å²) in [6.07, 6.45) is -0.0594. The molecule has 1 aromatic rings. The van der Waals surface area contributed by atoms with E-state index in [4.69, 9.17) is 10.5 Å². The maximum absolute atomic E-state index is 13.9. The number of hydrogen-bond donors (Lipinski definition) is 1. The van der Waals surface area contributed by atoms with Crippen molar-refractivity contribution in [3.8, 4) is 0 Å². The molecule has 1 unspecified atom stereocenters. The first kappa shape index (κ1) is 13.1. The smallest absolute Gasteiger partial charge is 0.184 e. The number of nitrogens with two attached hydrogens (primary N) is 1. The Morgan fingerprint density at radius 3 is 2.67 bits per heavy atom. The van der Waals surface area contributed by atoms with E-state index in [1.807, 2.05) is 20.8 Å². The van der Waals surface area contributed by atoms with Gasteiger partial charge in [0.15, 0.2) is 11.6 Å². The van der Waals surface area contributed by atoms with Crippen LogP contribution in [-0.2, 0) is 4.74 Å². The highest BCUT2D eigenvalue weighted by Gasteiger charge is 2.33. The number of benzene rings is 1. The van der Waals surface area contributed by atoms with Gasteiger partial charge in [-0.1, -0.05) is 0 Å². The topological polar surface area (TPSA) is 38.5 Å². The highest BCUT2D eigenvalue weighted by atomic mass is 19.2. The Labute approximate surface area is 106 Å². The summed E-state index contributed by atoms with van der Waals surface area (Å²) >= 11 is 0. The van der Waals surface area contributed by atoms with Gasteiger partial charge in [-0.3, -0.25) is 0 Å². The molecule has 1 aliphatic rings. The Morgan fingerprint density at radius 2 is 2.06 bits per heavy atom. The molecule has 5 heteroatoms. The maximum Gasteiger partial charge on any atom is 0.184 e. The van der Waals surface area contributed by atoms with Crippen LogP contribution in [0.2, 0.25) is 0 Å². The van der Waals surface area contributed by atoms with Crippen LogP contribution in [0.5, 0.6) is 0 Å². The summed E-state index contributed by atoms with van der Waals surface area (Å²) < 4.78 is 32.9. The van der Waals surface area contributed by atoms with Crippen LogP contribution in [0.25, 0.3) is 0 Å². The molecule has 2 N–H and O–H groups in total. The lowest BCUT2D eigenvalue weighted by atomic mass is 10.0. The van der Waals surface area contributed by atoms with Gasteiger partial charge in [0.25, 0.3) is 0 Å². The Bertz CT molecular complexity index is 463. The summed E-state index contributed by atoms with van der Waals surface area (Å²) in [6.45, 7) is 6.71. The van der Waals surface area contributed by atoms with E-state index in [2.05, 4.69) is 0 Å². The Balaban J connectivity index is 2.40. The van der Waals surface area contributed by atoms with E-state index in [1.54, 1.807) is 4.90 Å². The number of nitrogen functional groups attached to an aromatic ring is 1. The molecule has 0 amide bonds. The minimum absolute atomic E-state index is 0.0594. The van der Waals surface area contributed by atoms with E-state index in [0.717, 1.165) is 6.07 Å². The van der Waals surface area contributed by atoms with Crippen LogP contribution in [0.15, 0.2) is 12.1 Å². The van der Waals surface area contributed by atoms with Gasteiger partial charge in [0.05, 0.1) is 23.1 Å². The molecule has 1 saturated heterocycles. The summed E-state index contributed by atoms with van der Waals surface area (Å²) in [6, 6.07) is 2.43. The average Bonchev–Trinajstić information content (AvgIpc) is 2.21. The number of hydrogen-bond acceptors (Lipinski definition) is 3. The van der Waals surface area contributed by atoms with Gasteiger partial charge in [-0.05, 0) is 32.9 Å². The highest BCUT2D eigenvalue weighted by molar-refractivity contribution is 5.68. The fourth-order valence-corrected chi connectivity index (χ4v) is 2.50. The van der Waals surface area contributed by atoms with Crippen molar-refractivity contribution in [2.75, 3.05) is 23.7 Å². The predicted octanol–water partition coefficient (Wildman–Crippen LogP) is 2.55.